The number of pyridine rings is 1. The molecule has 0 atom stereocenters. The number of carbonyl (C=O) groups is 1. The van der Waals surface area contributed by atoms with Crippen molar-refractivity contribution >= 4 is 59.9 Å². The predicted molar refractivity (Wildman–Crippen MR) is 176 cm³/mol. The van der Waals surface area contributed by atoms with Crippen molar-refractivity contribution in [3.8, 4) is 5.82 Å². The molecule has 6 rings (SSSR count). The molecule has 47 heavy (non-hydrogen) atoms. The van der Waals surface area contributed by atoms with Crippen molar-refractivity contribution in [2.24, 2.45) is 0 Å². The molecule has 0 unspecified atom stereocenters. The summed E-state index contributed by atoms with van der Waals surface area (Å²) < 4.78 is 76.0. The van der Waals surface area contributed by atoms with Crippen LogP contribution in [0.3, 0.4) is 0 Å². The number of sulfonamides is 1. The number of hydrogen-bond donors (Lipinski definition) is 1. The van der Waals surface area contributed by atoms with Crippen molar-refractivity contribution in [3.63, 3.8) is 0 Å². The molecular formula is C32H28BrF3N6O4S. The van der Waals surface area contributed by atoms with E-state index in [1.54, 1.807) is 54.5 Å². The van der Waals surface area contributed by atoms with Crippen LogP contribution in [0.4, 0.5) is 30.2 Å². The average Bonchev–Trinajstić information content (AvgIpc) is 3.59. The number of alkyl halides is 3. The molecule has 244 valence electrons. The molecule has 10 nitrogen and oxygen atoms in total. The molecule has 3 aromatic carbocycles. The van der Waals surface area contributed by atoms with Gasteiger partial charge in [0.05, 0.1) is 39.6 Å². The second-order valence-corrected chi connectivity index (χ2v) is 13.2. The highest BCUT2D eigenvalue weighted by Gasteiger charge is 2.32. The second-order valence-electron chi connectivity index (χ2n) is 10.6. The number of piperazine rings is 1. The second kappa shape index (κ2) is 12.9. The highest BCUT2D eigenvalue weighted by atomic mass is 79.9. The Morgan fingerprint density at radius 2 is 1.70 bits per heavy atom. The van der Waals surface area contributed by atoms with Gasteiger partial charge in [-0.15, -0.1) is 0 Å². The number of esters is 1. The van der Waals surface area contributed by atoms with Gasteiger partial charge in [0.25, 0.3) is 10.0 Å². The van der Waals surface area contributed by atoms with Gasteiger partial charge in [-0.3, -0.25) is 9.29 Å². The molecule has 5 aromatic rings. The van der Waals surface area contributed by atoms with Gasteiger partial charge >= 0.3 is 12.1 Å². The number of imidazole rings is 1. The van der Waals surface area contributed by atoms with Crippen molar-refractivity contribution in [3.05, 3.63) is 101 Å². The summed E-state index contributed by atoms with van der Waals surface area (Å²) in [6.45, 7) is 3.74. The predicted octanol–water partition coefficient (Wildman–Crippen LogP) is 6.51. The monoisotopic (exact) mass is 728 g/mol. The first-order valence-corrected chi connectivity index (χ1v) is 16.8. The number of hydrogen-bond acceptors (Lipinski definition) is 8. The third kappa shape index (κ3) is 6.63. The molecule has 0 amide bonds. The number of ether oxygens (including phenoxy) is 1. The minimum Gasteiger partial charge on any atom is -0.462 e. The number of benzene rings is 3. The van der Waals surface area contributed by atoms with E-state index in [0.717, 1.165) is 34.1 Å². The van der Waals surface area contributed by atoms with Crippen molar-refractivity contribution in [2.45, 2.75) is 18.0 Å². The Balaban J connectivity index is 1.31. The quantitative estimate of drug-likeness (QED) is 0.180. The number of anilines is 3. The van der Waals surface area contributed by atoms with E-state index in [0.29, 0.717) is 54.5 Å². The average molecular weight is 730 g/mol. The van der Waals surface area contributed by atoms with Crippen LogP contribution < -0.4 is 14.5 Å². The Labute approximate surface area is 277 Å². The number of aromatic nitrogens is 3. The number of halogens is 4. The third-order valence-electron chi connectivity index (χ3n) is 7.71. The summed E-state index contributed by atoms with van der Waals surface area (Å²) in [7, 11) is -4.19. The molecule has 1 saturated heterocycles. The fourth-order valence-corrected chi connectivity index (χ4v) is 6.97. The fourth-order valence-electron chi connectivity index (χ4n) is 5.53. The number of fused-ring (bicyclic) bond motifs is 1. The maximum absolute atomic E-state index is 13.5. The lowest BCUT2D eigenvalue weighted by molar-refractivity contribution is -0.137. The highest BCUT2D eigenvalue weighted by Crippen LogP contribution is 2.38. The van der Waals surface area contributed by atoms with E-state index in [2.05, 4.69) is 30.5 Å². The van der Waals surface area contributed by atoms with Gasteiger partial charge in [0, 0.05) is 48.4 Å². The lowest BCUT2D eigenvalue weighted by Crippen LogP contribution is -2.47. The van der Waals surface area contributed by atoms with Gasteiger partial charge in [-0.25, -0.2) is 23.2 Å². The summed E-state index contributed by atoms with van der Waals surface area (Å²) in [5.74, 6) is -0.137. The van der Waals surface area contributed by atoms with Gasteiger partial charge in [-0.2, -0.15) is 13.2 Å². The standard InChI is InChI=1S/C32H28BrF3N6O4S/c1-2-46-31(43)28-29(24-19-22(33)9-12-25(24)38-30(28)42-14-13-37-20-42)41-17-15-40(16-18-41)27-6-4-3-5-26(27)39-47(44,45)23-10-7-21(8-11-23)32(34,35)36/h3-14,19-20,39H,2,15-18H2,1H3. The molecule has 0 radical (unpaired) electrons. The van der Waals surface area contributed by atoms with Crippen molar-refractivity contribution in [1.82, 2.24) is 14.5 Å². The van der Waals surface area contributed by atoms with Gasteiger partial charge in [0.1, 0.15) is 11.9 Å². The molecule has 0 saturated carbocycles. The summed E-state index contributed by atoms with van der Waals surface area (Å²) in [6.07, 6.45) is 0.298. The van der Waals surface area contributed by atoms with E-state index >= 15 is 0 Å². The van der Waals surface area contributed by atoms with Gasteiger partial charge in [-0.05, 0) is 61.5 Å². The highest BCUT2D eigenvalue weighted by molar-refractivity contribution is 9.10. The number of para-hydroxylation sites is 2. The first-order chi connectivity index (χ1) is 22.5. The maximum atomic E-state index is 13.5. The third-order valence-corrected chi connectivity index (χ3v) is 9.58. The number of nitrogens with one attached hydrogen (secondary N) is 1. The van der Waals surface area contributed by atoms with Gasteiger partial charge in [0.2, 0.25) is 0 Å². The molecule has 2 aromatic heterocycles. The molecule has 15 heteroatoms. The Kier molecular flexibility index (Phi) is 8.85. The first kappa shape index (κ1) is 32.3. The van der Waals surface area contributed by atoms with Crippen LogP contribution in [0.1, 0.15) is 22.8 Å². The zero-order valence-electron chi connectivity index (χ0n) is 24.9. The van der Waals surface area contributed by atoms with Crippen LogP contribution in [0.25, 0.3) is 16.7 Å². The van der Waals surface area contributed by atoms with Crippen molar-refractivity contribution < 1.29 is 31.1 Å². The van der Waals surface area contributed by atoms with Crippen molar-refractivity contribution in [1.29, 1.82) is 0 Å². The summed E-state index contributed by atoms with van der Waals surface area (Å²) in [4.78, 5) is 26.3. The maximum Gasteiger partial charge on any atom is 0.416 e. The molecule has 0 bridgehead atoms. The largest absolute Gasteiger partial charge is 0.462 e. The molecule has 1 fully saturated rings. The first-order valence-electron chi connectivity index (χ1n) is 14.5. The number of carbonyl (C=O) groups excluding carboxylic acids is 1. The van der Waals surface area contributed by atoms with Crippen LogP contribution in [-0.2, 0) is 20.9 Å². The Bertz CT molecular complexity index is 2030. The minimum atomic E-state index is -4.58. The molecule has 1 aliphatic rings. The molecule has 1 aliphatic heterocycles. The molecule has 0 aliphatic carbocycles. The summed E-state index contributed by atoms with van der Waals surface area (Å²) in [5, 5.41) is 0.754. The van der Waals surface area contributed by atoms with Crippen molar-refractivity contribution in [2.75, 3.05) is 47.3 Å². The van der Waals surface area contributed by atoms with E-state index in [-0.39, 0.29) is 17.2 Å². The fraction of sp³-hybridized carbons (Fsp3) is 0.219. The van der Waals surface area contributed by atoms with Gasteiger partial charge < -0.3 is 14.5 Å². The zero-order chi connectivity index (χ0) is 33.3. The molecule has 0 spiro atoms. The van der Waals surface area contributed by atoms with E-state index in [1.807, 2.05) is 23.1 Å². The zero-order valence-corrected chi connectivity index (χ0v) is 27.3. The lowest BCUT2D eigenvalue weighted by Gasteiger charge is -2.39. The SMILES string of the molecule is CCOC(=O)c1c(-n2ccnc2)nc2ccc(Br)cc2c1N1CCN(c2ccccc2NS(=O)(=O)c2ccc(C(F)(F)F)cc2)CC1. The summed E-state index contributed by atoms with van der Waals surface area (Å²) >= 11 is 3.55. The molecule has 3 heterocycles. The lowest BCUT2D eigenvalue weighted by atomic mass is 10.1. The molecular weight excluding hydrogens is 701 g/mol. The van der Waals surface area contributed by atoms with E-state index < -0.39 is 27.7 Å². The van der Waals surface area contributed by atoms with E-state index in [1.165, 1.54) is 0 Å². The smallest absolute Gasteiger partial charge is 0.416 e. The van der Waals surface area contributed by atoms with Crippen LogP contribution in [0.5, 0.6) is 0 Å². The van der Waals surface area contributed by atoms with Gasteiger partial charge in [-0.1, -0.05) is 28.1 Å². The number of rotatable bonds is 8. The van der Waals surface area contributed by atoms with E-state index in [9.17, 15) is 26.4 Å². The van der Waals surface area contributed by atoms with Crippen LogP contribution in [-0.4, -0.2) is 61.7 Å². The normalized spacial score (nSPS) is 14.0. The number of nitrogens with zero attached hydrogens (tertiary/aromatic N) is 5. The summed E-state index contributed by atoms with van der Waals surface area (Å²) in [6, 6.07) is 15.8. The topological polar surface area (TPSA) is 110 Å². The van der Waals surface area contributed by atoms with E-state index in [4.69, 9.17) is 9.72 Å². The Morgan fingerprint density at radius 1 is 1.00 bits per heavy atom. The van der Waals surface area contributed by atoms with Crippen LogP contribution in [0, 0.1) is 0 Å². The van der Waals surface area contributed by atoms with Crippen LogP contribution >= 0.6 is 15.9 Å². The Morgan fingerprint density at radius 3 is 2.36 bits per heavy atom. The minimum absolute atomic E-state index is 0.172. The Hall–Kier alpha value is -4.63. The van der Waals surface area contributed by atoms with Crippen LogP contribution in [0.2, 0.25) is 0 Å². The molecule has 1 N–H and O–H groups in total. The summed E-state index contributed by atoms with van der Waals surface area (Å²) in [5.41, 5.74) is 1.59. The van der Waals surface area contributed by atoms with Crippen LogP contribution in [0.15, 0.2) is 94.8 Å². The van der Waals surface area contributed by atoms with Gasteiger partial charge in [0.15, 0.2) is 5.82 Å².